The van der Waals surface area contributed by atoms with Crippen LogP contribution in [-0.2, 0) is 6.54 Å². The molecule has 2 rings (SSSR count). The molecule has 0 aromatic heterocycles. The minimum absolute atomic E-state index is 0.0400. The fourth-order valence-corrected chi connectivity index (χ4v) is 2.22. The first-order valence-corrected chi connectivity index (χ1v) is 7.17. The summed E-state index contributed by atoms with van der Waals surface area (Å²) in [5, 5.41) is 12.9. The Morgan fingerprint density at radius 3 is 2.45 bits per heavy atom. The van der Waals surface area contributed by atoms with Gasteiger partial charge in [-0.3, -0.25) is 0 Å². The first-order chi connectivity index (χ1) is 10.6. The number of nitrogens with one attached hydrogen (secondary N) is 1. The second kappa shape index (κ2) is 7.87. The predicted octanol–water partition coefficient (Wildman–Crippen LogP) is 3.19. The standard InChI is InChI=1S/C17H19F2NO2/c1-2-22-16-9-4-3-6-12(16)10-20-11-15(21)17-13(18)7-5-8-14(17)19/h3-9,15,20-21H,2,10-11H2,1H3. The average molecular weight is 307 g/mol. The maximum absolute atomic E-state index is 13.6. The molecule has 0 heterocycles. The molecular formula is C17H19F2NO2. The lowest BCUT2D eigenvalue weighted by atomic mass is 10.1. The normalized spacial score (nSPS) is 12.2. The number of halogens is 2. The molecular weight excluding hydrogens is 288 g/mol. The Morgan fingerprint density at radius 1 is 1.09 bits per heavy atom. The van der Waals surface area contributed by atoms with Gasteiger partial charge in [0.2, 0.25) is 0 Å². The SMILES string of the molecule is CCOc1ccccc1CNCC(O)c1c(F)cccc1F. The monoisotopic (exact) mass is 307 g/mol. The molecule has 118 valence electrons. The fourth-order valence-electron chi connectivity index (χ4n) is 2.22. The third-order valence-electron chi connectivity index (χ3n) is 3.26. The van der Waals surface area contributed by atoms with E-state index < -0.39 is 17.7 Å². The van der Waals surface area contributed by atoms with E-state index in [9.17, 15) is 13.9 Å². The quantitative estimate of drug-likeness (QED) is 0.825. The largest absolute Gasteiger partial charge is 0.494 e. The summed E-state index contributed by atoms with van der Waals surface area (Å²) < 4.78 is 32.6. The van der Waals surface area contributed by atoms with E-state index in [4.69, 9.17) is 4.74 Å². The zero-order valence-corrected chi connectivity index (χ0v) is 12.4. The lowest BCUT2D eigenvalue weighted by Gasteiger charge is -2.15. The van der Waals surface area contributed by atoms with Crippen LogP contribution in [0, 0.1) is 11.6 Å². The summed E-state index contributed by atoms with van der Waals surface area (Å²) in [5.74, 6) is -0.739. The van der Waals surface area contributed by atoms with Crippen molar-refractivity contribution in [3.8, 4) is 5.75 Å². The molecule has 0 amide bonds. The summed E-state index contributed by atoms with van der Waals surface area (Å²) in [6, 6.07) is 11.0. The van der Waals surface area contributed by atoms with Crippen LogP contribution in [0.2, 0.25) is 0 Å². The highest BCUT2D eigenvalue weighted by Gasteiger charge is 2.17. The molecule has 2 aromatic carbocycles. The van der Waals surface area contributed by atoms with Crippen molar-refractivity contribution in [1.82, 2.24) is 5.32 Å². The van der Waals surface area contributed by atoms with Crippen LogP contribution in [0.1, 0.15) is 24.2 Å². The van der Waals surface area contributed by atoms with Crippen LogP contribution in [0.4, 0.5) is 8.78 Å². The third-order valence-corrected chi connectivity index (χ3v) is 3.26. The van der Waals surface area contributed by atoms with Gasteiger partial charge in [0, 0.05) is 18.7 Å². The minimum Gasteiger partial charge on any atom is -0.494 e. The first kappa shape index (κ1) is 16.4. The van der Waals surface area contributed by atoms with Crippen molar-refractivity contribution in [2.75, 3.05) is 13.2 Å². The third kappa shape index (κ3) is 4.02. The predicted molar refractivity (Wildman–Crippen MR) is 80.6 cm³/mol. The van der Waals surface area contributed by atoms with Crippen molar-refractivity contribution in [2.24, 2.45) is 0 Å². The molecule has 1 unspecified atom stereocenters. The van der Waals surface area contributed by atoms with E-state index in [-0.39, 0.29) is 12.1 Å². The van der Waals surface area contributed by atoms with Crippen LogP contribution >= 0.6 is 0 Å². The molecule has 1 atom stereocenters. The molecule has 0 aliphatic rings. The second-order valence-electron chi connectivity index (χ2n) is 4.82. The lowest BCUT2D eigenvalue weighted by molar-refractivity contribution is 0.164. The summed E-state index contributed by atoms with van der Waals surface area (Å²) in [6.45, 7) is 2.93. The van der Waals surface area contributed by atoms with Gasteiger partial charge >= 0.3 is 0 Å². The fraction of sp³-hybridized carbons (Fsp3) is 0.294. The number of aliphatic hydroxyl groups excluding tert-OH is 1. The highest BCUT2D eigenvalue weighted by molar-refractivity contribution is 5.33. The van der Waals surface area contributed by atoms with Gasteiger partial charge in [-0.1, -0.05) is 24.3 Å². The van der Waals surface area contributed by atoms with Gasteiger partial charge in [0.25, 0.3) is 0 Å². The molecule has 3 nitrogen and oxygen atoms in total. The van der Waals surface area contributed by atoms with Crippen molar-refractivity contribution in [1.29, 1.82) is 0 Å². The number of hydrogen-bond donors (Lipinski definition) is 2. The van der Waals surface area contributed by atoms with Gasteiger partial charge in [0.1, 0.15) is 17.4 Å². The number of aliphatic hydroxyl groups is 1. The van der Waals surface area contributed by atoms with Crippen molar-refractivity contribution >= 4 is 0 Å². The van der Waals surface area contributed by atoms with Gasteiger partial charge in [0.15, 0.2) is 0 Å². The van der Waals surface area contributed by atoms with E-state index in [1.807, 2.05) is 31.2 Å². The van der Waals surface area contributed by atoms with E-state index in [0.717, 1.165) is 23.4 Å². The summed E-state index contributed by atoms with van der Waals surface area (Å²) in [6.07, 6.45) is -1.25. The zero-order valence-electron chi connectivity index (χ0n) is 12.4. The topological polar surface area (TPSA) is 41.5 Å². The van der Waals surface area contributed by atoms with Gasteiger partial charge in [-0.2, -0.15) is 0 Å². The molecule has 22 heavy (non-hydrogen) atoms. The van der Waals surface area contributed by atoms with E-state index in [2.05, 4.69) is 5.32 Å². The Kier molecular flexibility index (Phi) is 5.86. The molecule has 0 fully saturated rings. The lowest BCUT2D eigenvalue weighted by Crippen LogP contribution is -2.22. The Morgan fingerprint density at radius 2 is 1.77 bits per heavy atom. The Labute approximate surface area is 128 Å². The number of hydrogen-bond acceptors (Lipinski definition) is 3. The van der Waals surface area contributed by atoms with E-state index in [0.29, 0.717) is 13.2 Å². The van der Waals surface area contributed by atoms with Crippen LogP contribution in [-0.4, -0.2) is 18.3 Å². The molecule has 0 saturated heterocycles. The van der Waals surface area contributed by atoms with Crippen molar-refractivity contribution in [3.05, 3.63) is 65.2 Å². The molecule has 0 spiro atoms. The smallest absolute Gasteiger partial charge is 0.131 e. The highest BCUT2D eigenvalue weighted by Crippen LogP contribution is 2.21. The Balaban J connectivity index is 1.96. The van der Waals surface area contributed by atoms with Gasteiger partial charge < -0.3 is 15.2 Å². The van der Waals surface area contributed by atoms with Crippen LogP contribution in [0.3, 0.4) is 0 Å². The minimum atomic E-state index is -1.25. The highest BCUT2D eigenvalue weighted by atomic mass is 19.1. The van der Waals surface area contributed by atoms with E-state index >= 15 is 0 Å². The molecule has 2 N–H and O–H groups in total. The van der Waals surface area contributed by atoms with Gasteiger partial charge in [0.05, 0.1) is 18.3 Å². The van der Waals surface area contributed by atoms with Crippen LogP contribution in [0.25, 0.3) is 0 Å². The van der Waals surface area contributed by atoms with Gasteiger partial charge in [-0.05, 0) is 25.1 Å². The first-order valence-electron chi connectivity index (χ1n) is 7.17. The number of para-hydroxylation sites is 1. The molecule has 5 heteroatoms. The summed E-state index contributed by atoms with van der Waals surface area (Å²) in [7, 11) is 0. The maximum atomic E-state index is 13.6. The van der Waals surface area contributed by atoms with E-state index in [1.165, 1.54) is 6.07 Å². The molecule has 0 aliphatic carbocycles. The Hall–Kier alpha value is -1.98. The van der Waals surface area contributed by atoms with Crippen molar-refractivity contribution < 1.29 is 18.6 Å². The second-order valence-corrected chi connectivity index (χ2v) is 4.82. The Bertz CT molecular complexity index is 599. The zero-order chi connectivity index (χ0) is 15.9. The van der Waals surface area contributed by atoms with Gasteiger partial charge in [-0.25, -0.2) is 8.78 Å². The van der Waals surface area contributed by atoms with E-state index in [1.54, 1.807) is 0 Å². The van der Waals surface area contributed by atoms with Crippen molar-refractivity contribution in [2.45, 2.75) is 19.6 Å². The number of benzene rings is 2. The summed E-state index contributed by atoms with van der Waals surface area (Å²) in [4.78, 5) is 0. The molecule has 0 saturated carbocycles. The van der Waals surface area contributed by atoms with Gasteiger partial charge in [-0.15, -0.1) is 0 Å². The molecule has 0 bridgehead atoms. The van der Waals surface area contributed by atoms with Crippen molar-refractivity contribution in [3.63, 3.8) is 0 Å². The average Bonchev–Trinajstić information content (AvgIpc) is 2.49. The van der Waals surface area contributed by atoms with Crippen LogP contribution < -0.4 is 10.1 Å². The number of ether oxygens (including phenoxy) is 1. The molecule has 2 aromatic rings. The summed E-state index contributed by atoms with van der Waals surface area (Å²) >= 11 is 0. The van der Waals surface area contributed by atoms with Crippen LogP contribution in [0.15, 0.2) is 42.5 Å². The van der Waals surface area contributed by atoms with Crippen LogP contribution in [0.5, 0.6) is 5.75 Å². The molecule has 0 radical (unpaired) electrons. The summed E-state index contributed by atoms with van der Waals surface area (Å²) in [5.41, 5.74) is 0.610. The molecule has 0 aliphatic heterocycles. The maximum Gasteiger partial charge on any atom is 0.131 e. The number of rotatable bonds is 7.